The van der Waals surface area contributed by atoms with E-state index in [1.807, 2.05) is 13.8 Å². The third-order valence-electron chi connectivity index (χ3n) is 1.37. The molecule has 0 saturated carbocycles. The summed E-state index contributed by atoms with van der Waals surface area (Å²) in [7, 11) is 0. The normalized spacial score (nSPS) is 12.3. The third kappa shape index (κ3) is 3.41. The maximum atomic E-state index is 10.6. The molecule has 0 aliphatic heterocycles. The standard InChI is InChI=1S/C8H15NO/c1-6(2)8(5-9)4-7(3)10/h4,6H,5,9H2,1-3H3. The van der Waals surface area contributed by atoms with Crippen LogP contribution in [-0.2, 0) is 4.79 Å². The molecule has 0 spiro atoms. The lowest BCUT2D eigenvalue weighted by molar-refractivity contribution is -0.112. The average molecular weight is 141 g/mol. The molecule has 0 unspecified atom stereocenters. The molecule has 2 heteroatoms. The van der Waals surface area contributed by atoms with Gasteiger partial charge in [-0.3, -0.25) is 4.79 Å². The van der Waals surface area contributed by atoms with E-state index in [1.54, 1.807) is 6.08 Å². The quantitative estimate of drug-likeness (QED) is 0.598. The first-order chi connectivity index (χ1) is 4.57. The van der Waals surface area contributed by atoms with Crippen LogP contribution in [0.5, 0.6) is 0 Å². The average Bonchev–Trinajstić information content (AvgIpc) is 1.81. The lowest BCUT2D eigenvalue weighted by Gasteiger charge is -2.06. The van der Waals surface area contributed by atoms with Crippen LogP contribution in [0, 0.1) is 5.92 Å². The second kappa shape index (κ2) is 4.23. The van der Waals surface area contributed by atoms with Crippen LogP contribution < -0.4 is 5.73 Å². The maximum Gasteiger partial charge on any atom is 0.152 e. The van der Waals surface area contributed by atoms with E-state index in [2.05, 4.69) is 0 Å². The molecule has 0 bridgehead atoms. The number of nitrogens with two attached hydrogens (primary N) is 1. The van der Waals surface area contributed by atoms with Crippen molar-refractivity contribution < 1.29 is 4.79 Å². The van der Waals surface area contributed by atoms with E-state index in [0.29, 0.717) is 12.5 Å². The second-order valence-electron chi connectivity index (χ2n) is 2.69. The molecule has 0 heterocycles. The van der Waals surface area contributed by atoms with Gasteiger partial charge in [0.2, 0.25) is 0 Å². The van der Waals surface area contributed by atoms with Gasteiger partial charge in [0.15, 0.2) is 5.78 Å². The van der Waals surface area contributed by atoms with Crippen LogP contribution >= 0.6 is 0 Å². The Balaban J connectivity index is 4.18. The summed E-state index contributed by atoms with van der Waals surface area (Å²) in [5, 5.41) is 0. The van der Waals surface area contributed by atoms with Crippen LogP contribution in [-0.4, -0.2) is 12.3 Å². The molecule has 0 amide bonds. The SMILES string of the molecule is CC(=O)C=C(CN)C(C)C. The highest BCUT2D eigenvalue weighted by molar-refractivity contribution is 5.88. The summed E-state index contributed by atoms with van der Waals surface area (Å²) in [5.74, 6) is 0.461. The van der Waals surface area contributed by atoms with E-state index in [0.717, 1.165) is 5.57 Å². The van der Waals surface area contributed by atoms with Crippen LogP contribution in [0.1, 0.15) is 20.8 Å². The molecular formula is C8H15NO. The predicted octanol–water partition coefficient (Wildman–Crippen LogP) is 1.12. The minimum Gasteiger partial charge on any atom is -0.327 e. The zero-order chi connectivity index (χ0) is 8.15. The summed E-state index contributed by atoms with van der Waals surface area (Å²) in [6, 6.07) is 0. The summed E-state index contributed by atoms with van der Waals surface area (Å²) in [6.07, 6.45) is 1.62. The van der Waals surface area contributed by atoms with Gasteiger partial charge in [0.05, 0.1) is 0 Å². The van der Waals surface area contributed by atoms with Gasteiger partial charge >= 0.3 is 0 Å². The Kier molecular flexibility index (Phi) is 3.96. The molecule has 0 atom stereocenters. The maximum absolute atomic E-state index is 10.6. The third-order valence-corrected chi connectivity index (χ3v) is 1.37. The first-order valence-corrected chi connectivity index (χ1v) is 3.49. The Hall–Kier alpha value is -0.630. The van der Waals surface area contributed by atoms with Gasteiger partial charge in [-0.25, -0.2) is 0 Å². The van der Waals surface area contributed by atoms with Gasteiger partial charge in [0.1, 0.15) is 0 Å². The van der Waals surface area contributed by atoms with Gasteiger partial charge in [0, 0.05) is 6.54 Å². The van der Waals surface area contributed by atoms with Gasteiger partial charge in [0.25, 0.3) is 0 Å². The Labute approximate surface area is 62.1 Å². The van der Waals surface area contributed by atoms with Gasteiger partial charge in [-0.15, -0.1) is 0 Å². The van der Waals surface area contributed by atoms with Crippen molar-refractivity contribution in [3.8, 4) is 0 Å². The van der Waals surface area contributed by atoms with Crippen molar-refractivity contribution in [3.63, 3.8) is 0 Å². The number of carbonyl (C=O) groups excluding carboxylic acids is 1. The number of rotatable bonds is 3. The van der Waals surface area contributed by atoms with Crippen molar-refractivity contribution in [2.24, 2.45) is 11.7 Å². The Morgan fingerprint density at radius 2 is 2.10 bits per heavy atom. The number of allylic oxidation sites excluding steroid dienone is 1. The van der Waals surface area contributed by atoms with Gasteiger partial charge in [-0.05, 0) is 18.9 Å². The molecule has 0 aliphatic carbocycles. The first-order valence-electron chi connectivity index (χ1n) is 3.49. The minimum atomic E-state index is 0.0779. The summed E-state index contributed by atoms with van der Waals surface area (Å²) in [5.41, 5.74) is 6.42. The number of ketones is 1. The second-order valence-corrected chi connectivity index (χ2v) is 2.69. The molecule has 0 aromatic carbocycles. The van der Waals surface area contributed by atoms with E-state index in [9.17, 15) is 4.79 Å². The molecule has 0 rings (SSSR count). The molecule has 2 nitrogen and oxygen atoms in total. The molecule has 58 valence electrons. The fourth-order valence-electron chi connectivity index (χ4n) is 0.722. The Bertz CT molecular complexity index is 147. The summed E-state index contributed by atoms with van der Waals surface area (Å²) in [4.78, 5) is 10.6. The van der Waals surface area contributed by atoms with E-state index in [-0.39, 0.29) is 5.78 Å². The zero-order valence-corrected chi connectivity index (χ0v) is 6.85. The highest BCUT2D eigenvalue weighted by atomic mass is 16.1. The van der Waals surface area contributed by atoms with Crippen molar-refractivity contribution in [2.75, 3.05) is 6.54 Å². The number of carbonyl (C=O) groups is 1. The Morgan fingerprint density at radius 3 is 2.20 bits per heavy atom. The molecule has 2 N–H and O–H groups in total. The zero-order valence-electron chi connectivity index (χ0n) is 6.85. The largest absolute Gasteiger partial charge is 0.327 e. The topological polar surface area (TPSA) is 43.1 Å². The van der Waals surface area contributed by atoms with Crippen molar-refractivity contribution in [3.05, 3.63) is 11.6 Å². The predicted molar refractivity (Wildman–Crippen MR) is 42.7 cm³/mol. The fraction of sp³-hybridized carbons (Fsp3) is 0.625. The van der Waals surface area contributed by atoms with E-state index in [1.165, 1.54) is 6.92 Å². The highest BCUT2D eigenvalue weighted by Gasteiger charge is 2.00. The van der Waals surface area contributed by atoms with Crippen LogP contribution in [0.4, 0.5) is 0 Å². The molecule has 0 aliphatic rings. The van der Waals surface area contributed by atoms with Crippen LogP contribution in [0.3, 0.4) is 0 Å². The number of hydrogen-bond acceptors (Lipinski definition) is 2. The summed E-state index contributed by atoms with van der Waals surface area (Å²) in [6.45, 7) is 6.08. The number of hydrogen-bond donors (Lipinski definition) is 1. The molecule has 0 radical (unpaired) electrons. The molecule has 0 aromatic heterocycles. The molecule has 0 fully saturated rings. The highest BCUT2D eigenvalue weighted by Crippen LogP contribution is 2.06. The van der Waals surface area contributed by atoms with Crippen LogP contribution in [0.15, 0.2) is 11.6 Å². The lowest BCUT2D eigenvalue weighted by atomic mass is 10.0. The van der Waals surface area contributed by atoms with Gasteiger partial charge in [-0.1, -0.05) is 19.4 Å². The summed E-state index contributed by atoms with van der Waals surface area (Å²) < 4.78 is 0. The molecular weight excluding hydrogens is 126 g/mol. The molecule has 0 aromatic rings. The fourth-order valence-corrected chi connectivity index (χ4v) is 0.722. The molecule has 0 saturated heterocycles. The lowest BCUT2D eigenvalue weighted by Crippen LogP contribution is -2.09. The van der Waals surface area contributed by atoms with Crippen LogP contribution in [0.25, 0.3) is 0 Å². The summed E-state index contributed by atoms with van der Waals surface area (Å²) >= 11 is 0. The molecule has 10 heavy (non-hydrogen) atoms. The van der Waals surface area contributed by atoms with Crippen molar-refractivity contribution in [2.45, 2.75) is 20.8 Å². The smallest absolute Gasteiger partial charge is 0.152 e. The monoisotopic (exact) mass is 141 g/mol. The van der Waals surface area contributed by atoms with E-state index < -0.39 is 0 Å². The van der Waals surface area contributed by atoms with Crippen molar-refractivity contribution in [1.82, 2.24) is 0 Å². The van der Waals surface area contributed by atoms with Crippen molar-refractivity contribution in [1.29, 1.82) is 0 Å². The Morgan fingerprint density at radius 1 is 1.60 bits per heavy atom. The van der Waals surface area contributed by atoms with E-state index in [4.69, 9.17) is 5.73 Å². The van der Waals surface area contributed by atoms with Crippen molar-refractivity contribution >= 4 is 5.78 Å². The first kappa shape index (κ1) is 9.37. The van der Waals surface area contributed by atoms with Crippen LogP contribution in [0.2, 0.25) is 0 Å². The van der Waals surface area contributed by atoms with E-state index >= 15 is 0 Å². The van der Waals surface area contributed by atoms with Gasteiger partial charge < -0.3 is 5.73 Å². The van der Waals surface area contributed by atoms with Gasteiger partial charge in [-0.2, -0.15) is 0 Å². The minimum absolute atomic E-state index is 0.0779.